The molecule has 1 atom stereocenters. The number of rotatable bonds is 9. The summed E-state index contributed by atoms with van der Waals surface area (Å²) in [6.07, 6.45) is 6.15. The van der Waals surface area contributed by atoms with Crippen molar-refractivity contribution in [2.75, 3.05) is 17.2 Å². The van der Waals surface area contributed by atoms with E-state index in [2.05, 4.69) is 10.6 Å². The third kappa shape index (κ3) is 7.03. The van der Waals surface area contributed by atoms with Crippen molar-refractivity contribution in [2.24, 2.45) is 5.92 Å². The van der Waals surface area contributed by atoms with Gasteiger partial charge in [0.05, 0.1) is 11.9 Å². The molecule has 31 heavy (non-hydrogen) atoms. The Morgan fingerprint density at radius 3 is 2.42 bits per heavy atom. The minimum absolute atomic E-state index is 0.0340. The topological polar surface area (TPSA) is 67.4 Å². The van der Waals surface area contributed by atoms with Gasteiger partial charge in [-0.15, -0.1) is 11.8 Å². The van der Waals surface area contributed by atoms with E-state index in [0.717, 1.165) is 47.7 Å². The van der Waals surface area contributed by atoms with Gasteiger partial charge in [-0.1, -0.05) is 32.3 Å². The molecule has 0 aromatic heterocycles. The van der Waals surface area contributed by atoms with E-state index in [0.29, 0.717) is 13.0 Å². The Labute approximate surface area is 189 Å². The van der Waals surface area contributed by atoms with Gasteiger partial charge in [-0.25, -0.2) is 0 Å². The van der Waals surface area contributed by atoms with Gasteiger partial charge in [0.1, 0.15) is 5.75 Å². The third-order valence-electron chi connectivity index (χ3n) is 5.45. The molecule has 2 amide bonds. The van der Waals surface area contributed by atoms with Crippen LogP contribution in [0.4, 0.5) is 11.4 Å². The summed E-state index contributed by atoms with van der Waals surface area (Å²) in [5, 5.41) is 5.82. The summed E-state index contributed by atoms with van der Waals surface area (Å²) in [5.74, 6) is 0.984. The molecule has 2 aromatic rings. The van der Waals surface area contributed by atoms with Crippen molar-refractivity contribution >= 4 is 35.0 Å². The minimum atomic E-state index is -0.226. The Bertz CT molecular complexity index is 863. The summed E-state index contributed by atoms with van der Waals surface area (Å²) >= 11 is 1.52. The number of carbonyl (C=O) groups is 2. The molecule has 0 aliphatic heterocycles. The zero-order chi connectivity index (χ0) is 22.1. The van der Waals surface area contributed by atoms with Crippen LogP contribution in [0.15, 0.2) is 53.4 Å². The first-order valence-electron chi connectivity index (χ1n) is 11.2. The van der Waals surface area contributed by atoms with Crippen LogP contribution in [-0.2, 0) is 9.59 Å². The lowest BCUT2D eigenvalue weighted by atomic mass is 9.88. The van der Waals surface area contributed by atoms with Crippen molar-refractivity contribution in [3.63, 3.8) is 0 Å². The number of hydrogen-bond donors (Lipinski definition) is 2. The predicted molar refractivity (Wildman–Crippen MR) is 128 cm³/mol. The van der Waals surface area contributed by atoms with E-state index in [1.807, 2.05) is 62.4 Å². The highest BCUT2D eigenvalue weighted by molar-refractivity contribution is 8.00. The minimum Gasteiger partial charge on any atom is -0.494 e. The molecule has 1 fully saturated rings. The summed E-state index contributed by atoms with van der Waals surface area (Å²) in [6, 6.07) is 15.2. The zero-order valence-corrected chi connectivity index (χ0v) is 19.2. The predicted octanol–water partition coefficient (Wildman–Crippen LogP) is 6.11. The number of nitrogens with one attached hydrogen (secondary N) is 2. The van der Waals surface area contributed by atoms with Crippen molar-refractivity contribution in [3.8, 4) is 5.75 Å². The Hall–Kier alpha value is -2.47. The molecule has 166 valence electrons. The second-order valence-electron chi connectivity index (χ2n) is 7.81. The number of anilines is 2. The first kappa shape index (κ1) is 23.2. The first-order chi connectivity index (χ1) is 15.1. The van der Waals surface area contributed by atoms with Crippen LogP contribution >= 0.6 is 11.8 Å². The van der Waals surface area contributed by atoms with Gasteiger partial charge in [0.15, 0.2) is 0 Å². The second-order valence-corrected chi connectivity index (χ2v) is 9.09. The lowest BCUT2D eigenvalue weighted by molar-refractivity contribution is -0.120. The van der Waals surface area contributed by atoms with Crippen LogP contribution in [0.2, 0.25) is 0 Å². The Balaban J connectivity index is 1.58. The monoisotopic (exact) mass is 440 g/mol. The summed E-state index contributed by atoms with van der Waals surface area (Å²) < 4.78 is 5.44. The summed E-state index contributed by atoms with van der Waals surface area (Å²) in [5.41, 5.74) is 1.54. The van der Waals surface area contributed by atoms with Crippen molar-refractivity contribution in [3.05, 3.63) is 48.5 Å². The van der Waals surface area contributed by atoms with E-state index in [1.165, 1.54) is 18.2 Å². The van der Waals surface area contributed by atoms with Gasteiger partial charge in [0.2, 0.25) is 11.8 Å². The Morgan fingerprint density at radius 1 is 1.00 bits per heavy atom. The maximum absolute atomic E-state index is 12.8. The molecule has 0 saturated heterocycles. The van der Waals surface area contributed by atoms with Crippen LogP contribution in [0.3, 0.4) is 0 Å². The van der Waals surface area contributed by atoms with Crippen LogP contribution in [0.25, 0.3) is 0 Å². The molecule has 2 aromatic carbocycles. The number of amides is 2. The highest BCUT2D eigenvalue weighted by Crippen LogP contribution is 2.30. The zero-order valence-electron chi connectivity index (χ0n) is 18.4. The largest absolute Gasteiger partial charge is 0.494 e. The van der Waals surface area contributed by atoms with Crippen molar-refractivity contribution in [1.82, 2.24) is 0 Å². The van der Waals surface area contributed by atoms with Crippen LogP contribution in [-0.4, -0.2) is 23.7 Å². The third-order valence-corrected chi connectivity index (χ3v) is 6.81. The molecule has 2 N–H and O–H groups in total. The summed E-state index contributed by atoms with van der Waals surface area (Å²) in [6.45, 7) is 4.56. The molecule has 1 saturated carbocycles. The van der Waals surface area contributed by atoms with E-state index in [4.69, 9.17) is 4.74 Å². The van der Waals surface area contributed by atoms with Crippen LogP contribution in [0.5, 0.6) is 5.75 Å². The smallest absolute Gasteiger partial charge is 0.237 e. The van der Waals surface area contributed by atoms with Gasteiger partial charge in [-0.3, -0.25) is 9.59 Å². The molecule has 1 aliphatic rings. The highest BCUT2D eigenvalue weighted by atomic mass is 32.2. The molecule has 0 bridgehead atoms. The number of benzene rings is 2. The maximum atomic E-state index is 12.8. The number of carbonyl (C=O) groups excluding carboxylic acids is 2. The van der Waals surface area contributed by atoms with Crippen molar-refractivity contribution in [2.45, 2.75) is 62.5 Å². The SMILES string of the molecule is CCOc1ccc(NC(=O)C(CC)Sc2cccc(NC(=O)C3CCCCC3)c2)cc1. The van der Waals surface area contributed by atoms with Gasteiger partial charge >= 0.3 is 0 Å². The molecular weight excluding hydrogens is 408 g/mol. The fraction of sp³-hybridized carbons (Fsp3) is 0.440. The normalized spacial score (nSPS) is 15.2. The fourth-order valence-corrected chi connectivity index (χ4v) is 4.78. The quantitative estimate of drug-likeness (QED) is 0.461. The van der Waals surface area contributed by atoms with E-state index in [1.54, 1.807) is 0 Å². The molecule has 5 nitrogen and oxygen atoms in total. The van der Waals surface area contributed by atoms with Gasteiger partial charge in [-0.2, -0.15) is 0 Å². The Morgan fingerprint density at radius 2 is 1.74 bits per heavy atom. The molecule has 6 heteroatoms. The first-order valence-corrected chi connectivity index (χ1v) is 12.1. The second kappa shape index (κ2) is 11.8. The molecule has 0 heterocycles. The average Bonchev–Trinajstić information content (AvgIpc) is 2.79. The molecular formula is C25H32N2O3S. The Kier molecular flexibility index (Phi) is 8.83. The van der Waals surface area contributed by atoms with Gasteiger partial charge in [0.25, 0.3) is 0 Å². The molecule has 3 rings (SSSR count). The van der Waals surface area contributed by atoms with Crippen LogP contribution in [0, 0.1) is 5.92 Å². The van der Waals surface area contributed by atoms with Gasteiger partial charge in [0, 0.05) is 22.2 Å². The fourth-order valence-electron chi connectivity index (χ4n) is 3.77. The van der Waals surface area contributed by atoms with Gasteiger partial charge < -0.3 is 15.4 Å². The van der Waals surface area contributed by atoms with Crippen LogP contribution in [0.1, 0.15) is 52.4 Å². The van der Waals surface area contributed by atoms with E-state index < -0.39 is 0 Å². The lowest BCUT2D eigenvalue weighted by Crippen LogP contribution is -2.25. The van der Waals surface area contributed by atoms with Crippen molar-refractivity contribution in [1.29, 1.82) is 0 Å². The van der Waals surface area contributed by atoms with E-state index in [9.17, 15) is 9.59 Å². The highest BCUT2D eigenvalue weighted by Gasteiger charge is 2.22. The molecule has 1 unspecified atom stereocenters. The molecule has 1 aliphatic carbocycles. The molecule has 0 spiro atoms. The average molecular weight is 441 g/mol. The summed E-state index contributed by atoms with van der Waals surface area (Å²) in [7, 11) is 0. The number of thioether (sulfide) groups is 1. The van der Waals surface area contributed by atoms with Crippen LogP contribution < -0.4 is 15.4 Å². The maximum Gasteiger partial charge on any atom is 0.237 e. The van der Waals surface area contributed by atoms with E-state index >= 15 is 0 Å². The molecule has 0 radical (unpaired) electrons. The number of hydrogen-bond acceptors (Lipinski definition) is 4. The van der Waals surface area contributed by atoms with Crippen molar-refractivity contribution < 1.29 is 14.3 Å². The summed E-state index contributed by atoms with van der Waals surface area (Å²) in [4.78, 5) is 26.3. The lowest BCUT2D eigenvalue weighted by Gasteiger charge is -2.21. The standard InChI is InChI=1S/C25H32N2O3S/c1-3-23(25(29)26-19-13-15-21(16-14-19)30-4-2)31-22-12-8-11-20(17-22)27-24(28)18-9-6-5-7-10-18/h8,11-18,23H,3-7,9-10H2,1-2H3,(H,26,29)(H,27,28). The van der Waals surface area contributed by atoms with E-state index in [-0.39, 0.29) is 23.0 Å². The number of ether oxygens (including phenoxy) is 1. The van der Waals surface area contributed by atoms with Gasteiger partial charge in [-0.05, 0) is 68.7 Å².